The minimum Gasteiger partial charge on any atom is -0.380 e. The van der Waals surface area contributed by atoms with Gasteiger partial charge in [0.05, 0.1) is 10.6 Å². The van der Waals surface area contributed by atoms with Gasteiger partial charge in [-0.3, -0.25) is 15.1 Å². The number of aromatic nitrogens is 1. The summed E-state index contributed by atoms with van der Waals surface area (Å²) in [5.41, 5.74) is 2.39. The molecule has 2 aromatic rings. The largest absolute Gasteiger partial charge is 0.380 e. The first-order valence-electron chi connectivity index (χ1n) is 5.75. The van der Waals surface area contributed by atoms with Crippen LogP contribution >= 0.6 is 31.9 Å². The van der Waals surface area contributed by atoms with E-state index in [0.29, 0.717) is 17.8 Å². The van der Waals surface area contributed by atoms with Crippen LogP contribution in [0.2, 0.25) is 0 Å². The molecule has 7 heteroatoms. The normalized spacial score (nSPS) is 10.3. The zero-order valence-corrected chi connectivity index (χ0v) is 13.7. The summed E-state index contributed by atoms with van der Waals surface area (Å²) in [6.07, 6.45) is 3.45. The molecule has 1 heterocycles. The number of aryl methyl sites for hydroxylation is 1. The van der Waals surface area contributed by atoms with E-state index in [1.54, 1.807) is 25.4 Å². The van der Waals surface area contributed by atoms with Crippen molar-refractivity contribution in [3.63, 3.8) is 0 Å². The topological polar surface area (TPSA) is 68.1 Å². The molecule has 1 aromatic heterocycles. The van der Waals surface area contributed by atoms with Crippen LogP contribution in [0.1, 0.15) is 11.1 Å². The zero-order valence-electron chi connectivity index (χ0n) is 10.6. The number of nitro benzene ring substituents is 1. The molecule has 0 fully saturated rings. The molecule has 1 aromatic carbocycles. The summed E-state index contributed by atoms with van der Waals surface area (Å²) in [6.45, 7) is 2.25. The van der Waals surface area contributed by atoms with E-state index in [1.807, 2.05) is 6.07 Å². The molecule has 20 heavy (non-hydrogen) atoms. The summed E-state index contributed by atoms with van der Waals surface area (Å²) in [4.78, 5) is 14.6. The van der Waals surface area contributed by atoms with Crippen molar-refractivity contribution in [2.75, 3.05) is 5.32 Å². The number of halogens is 2. The van der Waals surface area contributed by atoms with Crippen LogP contribution in [0.25, 0.3) is 0 Å². The van der Waals surface area contributed by atoms with E-state index >= 15 is 0 Å². The SMILES string of the molecule is Cc1cc(Br)c(NCc2cncc(Br)c2)cc1[N+](=O)[O-]. The Balaban J connectivity index is 2.21. The van der Waals surface area contributed by atoms with Crippen molar-refractivity contribution in [2.45, 2.75) is 13.5 Å². The molecule has 1 N–H and O–H groups in total. The minimum absolute atomic E-state index is 0.100. The maximum atomic E-state index is 11.0. The molecule has 0 aliphatic rings. The Kier molecular flexibility index (Phi) is 4.72. The number of rotatable bonds is 4. The number of hydrogen-bond acceptors (Lipinski definition) is 4. The predicted octanol–water partition coefficient (Wildman–Crippen LogP) is 4.44. The molecule has 0 saturated carbocycles. The van der Waals surface area contributed by atoms with Crippen LogP contribution in [-0.2, 0) is 6.54 Å². The number of hydrogen-bond donors (Lipinski definition) is 1. The van der Waals surface area contributed by atoms with Crippen LogP contribution in [0.4, 0.5) is 11.4 Å². The van der Waals surface area contributed by atoms with E-state index in [2.05, 4.69) is 42.2 Å². The van der Waals surface area contributed by atoms with Gasteiger partial charge in [0.2, 0.25) is 0 Å². The second kappa shape index (κ2) is 6.32. The van der Waals surface area contributed by atoms with Gasteiger partial charge in [-0.1, -0.05) is 0 Å². The van der Waals surface area contributed by atoms with Gasteiger partial charge in [-0.15, -0.1) is 0 Å². The predicted molar refractivity (Wildman–Crippen MR) is 84.8 cm³/mol. The van der Waals surface area contributed by atoms with Gasteiger partial charge >= 0.3 is 0 Å². The first-order valence-corrected chi connectivity index (χ1v) is 7.34. The molecule has 0 amide bonds. The summed E-state index contributed by atoms with van der Waals surface area (Å²) >= 11 is 6.76. The summed E-state index contributed by atoms with van der Waals surface area (Å²) < 4.78 is 1.69. The summed E-state index contributed by atoms with van der Waals surface area (Å²) in [5.74, 6) is 0. The van der Waals surface area contributed by atoms with E-state index in [1.165, 1.54) is 6.07 Å². The molecular formula is C13H11Br2N3O2. The average Bonchev–Trinajstić information content (AvgIpc) is 2.37. The minimum atomic E-state index is -0.381. The molecule has 5 nitrogen and oxygen atoms in total. The highest BCUT2D eigenvalue weighted by molar-refractivity contribution is 9.10. The van der Waals surface area contributed by atoms with Crippen LogP contribution in [0.3, 0.4) is 0 Å². The maximum Gasteiger partial charge on any atom is 0.274 e. The van der Waals surface area contributed by atoms with Gasteiger partial charge in [0.15, 0.2) is 0 Å². The Morgan fingerprint density at radius 3 is 2.70 bits per heavy atom. The molecular weight excluding hydrogens is 390 g/mol. The quantitative estimate of drug-likeness (QED) is 0.608. The number of pyridine rings is 1. The molecule has 0 spiro atoms. The third-order valence-corrected chi connectivity index (χ3v) is 3.82. The Labute approximate surface area is 132 Å². The molecule has 104 valence electrons. The van der Waals surface area contributed by atoms with E-state index in [-0.39, 0.29) is 10.6 Å². The summed E-state index contributed by atoms with van der Waals surface area (Å²) in [7, 11) is 0. The standard InChI is InChI=1S/C13H11Br2N3O2/c1-8-2-11(15)12(4-13(8)18(19)20)17-6-9-3-10(14)7-16-5-9/h2-5,7,17H,6H2,1H3. The number of nitrogens with zero attached hydrogens (tertiary/aromatic N) is 2. The fraction of sp³-hybridized carbons (Fsp3) is 0.154. The molecule has 0 saturated heterocycles. The number of nitrogens with one attached hydrogen (secondary N) is 1. The molecule has 0 bridgehead atoms. The van der Waals surface area contributed by atoms with Gasteiger partial charge in [0.1, 0.15) is 0 Å². The first-order chi connectivity index (χ1) is 9.47. The highest BCUT2D eigenvalue weighted by atomic mass is 79.9. The number of benzene rings is 1. The van der Waals surface area contributed by atoms with Crippen molar-refractivity contribution in [1.82, 2.24) is 4.98 Å². The first kappa shape index (κ1) is 14.9. The Morgan fingerprint density at radius 1 is 1.30 bits per heavy atom. The second-order valence-electron chi connectivity index (χ2n) is 4.24. The summed E-state index contributed by atoms with van der Waals surface area (Å²) in [6, 6.07) is 5.21. The van der Waals surface area contributed by atoms with Gasteiger partial charge in [0, 0.05) is 39.5 Å². The Bertz CT molecular complexity index is 662. The van der Waals surface area contributed by atoms with Gasteiger partial charge in [-0.25, -0.2) is 0 Å². The lowest BCUT2D eigenvalue weighted by molar-refractivity contribution is -0.385. The molecule has 0 radical (unpaired) electrons. The van der Waals surface area contributed by atoms with Crippen LogP contribution in [-0.4, -0.2) is 9.91 Å². The highest BCUT2D eigenvalue weighted by Crippen LogP contribution is 2.31. The van der Waals surface area contributed by atoms with Gasteiger partial charge < -0.3 is 5.32 Å². The van der Waals surface area contributed by atoms with E-state index in [0.717, 1.165) is 14.5 Å². The van der Waals surface area contributed by atoms with Crippen molar-refractivity contribution in [3.8, 4) is 0 Å². The van der Waals surface area contributed by atoms with Crippen molar-refractivity contribution in [3.05, 3.63) is 60.8 Å². The monoisotopic (exact) mass is 399 g/mol. The van der Waals surface area contributed by atoms with Crippen molar-refractivity contribution in [2.24, 2.45) is 0 Å². The third kappa shape index (κ3) is 3.55. The molecule has 0 aliphatic carbocycles. The lowest BCUT2D eigenvalue weighted by Gasteiger charge is -2.10. The van der Waals surface area contributed by atoms with Crippen LogP contribution in [0, 0.1) is 17.0 Å². The summed E-state index contributed by atoms with van der Waals surface area (Å²) in [5, 5.41) is 14.1. The third-order valence-electron chi connectivity index (χ3n) is 2.73. The Morgan fingerprint density at radius 2 is 2.05 bits per heavy atom. The van der Waals surface area contributed by atoms with Crippen LogP contribution in [0.15, 0.2) is 39.5 Å². The number of nitro groups is 1. The molecule has 2 rings (SSSR count). The average molecular weight is 401 g/mol. The molecule has 0 atom stereocenters. The smallest absolute Gasteiger partial charge is 0.274 e. The van der Waals surface area contributed by atoms with Crippen molar-refractivity contribution < 1.29 is 4.92 Å². The van der Waals surface area contributed by atoms with Gasteiger partial charge in [-0.2, -0.15) is 0 Å². The fourth-order valence-electron chi connectivity index (χ4n) is 1.74. The Hall–Kier alpha value is -1.47. The maximum absolute atomic E-state index is 11.0. The van der Waals surface area contributed by atoms with E-state index < -0.39 is 0 Å². The van der Waals surface area contributed by atoms with Gasteiger partial charge in [-0.05, 0) is 56.5 Å². The zero-order chi connectivity index (χ0) is 14.7. The fourth-order valence-corrected chi connectivity index (χ4v) is 2.75. The van der Waals surface area contributed by atoms with Crippen LogP contribution in [0.5, 0.6) is 0 Å². The lowest BCUT2D eigenvalue weighted by Crippen LogP contribution is -2.02. The van der Waals surface area contributed by atoms with Crippen molar-refractivity contribution in [1.29, 1.82) is 0 Å². The van der Waals surface area contributed by atoms with Crippen LogP contribution < -0.4 is 5.32 Å². The number of anilines is 1. The molecule has 0 aliphatic heterocycles. The highest BCUT2D eigenvalue weighted by Gasteiger charge is 2.14. The molecule has 0 unspecified atom stereocenters. The van der Waals surface area contributed by atoms with E-state index in [9.17, 15) is 10.1 Å². The lowest BCUT2D eigenvalue weighted by atomic mass is 10.2. The van der Waals surface area contributed by atoms with Crippen molar-refractivity contribution >= 4 is 43.2 Å². The second-order valence-corrected chi connectivity index (χ2v) is 6.01. The van der Waals surface area contributed by atoms with Gasteiger partial charge in [0.25, 0.3) is 5.69 Å². The van der Waals surface area contributed by atoms with E-state index in [4.69, 9.17) is 0 Å².